The van der Waals surface area contributed by atoms with Crippen molar-refractivity contribution in [2.24, 2.45) is 0 Å². The number of pyridine rings is 1. The molecule has 0 aliphatic heterocycles. The van der Waals surface area contributed by atoms with Crippen molar-refractivity contribution in [1.82, 2.24) is 4.98 Å². The van der Waals surface area contributed by atoms with Gasteiger partial charge in [0.25, 0.3) is 0 Å². The molecule has 1 aromatic rings. The summed E-state index contributed by atoms with van der Waals surface area (Å²) >= 11 is 0. The van der Waals surface area contributed by atoms with Crippen molar-refractivity contribution in [1.29, 1.82) is 5.26 Å². The van der Waals surface area contributed by atoms with E-state index in [9.17, 15) is 0 Å². The minimum absolute atomic E-state index is 0.670. The topological polar surface area (TPSA) is 39.9 Å². The predicted octanol–water partition coefficient (Wildman–Crippen LogP) is 2.89. The summed E-state index contributed by atoms with van der Waals surface area (Å²) in [6.45, 7) is 8.09. The van der Waals surface area contributed by atoms with Crippen LogP contribution in [0.5, 0.6) is 0 Å². The van der Waals surface area contributed by atoms with E-state index in [1.54, 1.807) is 0 Å². The van der Waals surface area contributed by atoms with Gasteiger partial charge in [0, 0.05) is 18.8 Å². The second-order valence-electron chi connectivity index (χ2n) is 3.87. The maximum absolute atomic E-state index is 9.06. The minimum atomic E-state index is 0.670. The number of rotatable bonds is 5. The Labute approximate surface area is 97.7 Å². The van der Waals surface area contributed by atoms with Crippen LogP contribution in [0.4, 0.5) is 5.82 Å². The zero-order valence-corrected chi connectivity index (χ0v) is 10.3. The summed E-state index contributed by atoms with van der Waals surface area (Å²) in [5.41, 5.74) is 1.63. The number of aromatic nitrogens is 1. The van der Waals surface area contributed by atoms with Crippen molar-refractivity contribution in [3.63, 3.8) is 0 Å². The van der Waals surface area contributed by atoms with E-state index in [4.69, 9.17) is 5.26 Å². The van der Waals surface area contributed by atoms with Gasteiger partial charge in [0.15, 0.2) is 0 Å². The van der Waals surface area contributed by atoms with Crippen molar-refractivity contribution in [3.8, 4) is 6.07 Å². The van der Waals surface area contributed by atoms with Crippen LogP contribution in [0.15, 0.2) is 12.1 Å². The van der Waals surface area contributed by atoms with Crippen molar-refractivity contribution in [2.75, 3.05) is 18.0 Å². The van der Waals surface area contributed by atoms with Gasteiger partial charge in [-0.05, 0) is 32.4 Å². The first kappa shape index (κ1) is 12.5. The molecule has 0 aromatic carbocycles. The third kappa shape index (κ3) is 2.96. The number of anilines is 1. The molecule has 0 atom stereocenters. The molecule has 86 valence electrons. The number of hydrogen-bond acceptors (Lipinski definition) is 3. The van der Waals surface area contributed by atoms with Gasteiger partial charge in [0.2, 0.25) is 0 Å². The molecule has 1 rings (SSSR count). The highest BCUT2D eigenvalue weighted by atomic mass is 15.2. The molecule has 0 bridgehead atoms. The van der Waals surface area contributed by atoms with Gasteiger partial charge in [-0.15, -0.1) is 0 Å². The molecule has 0 unspecified atom stereocenters. The summed E-state index contributed by atoms with van der Waals surface area (Å²) < 4.78 is 0. The lowest BCUT2D eigenvalue weighted by Crippen LogP contribution is -2.26. The van der Waals surface area contributed by atoms with Crippen LogP contribution in [-0.2, 0) is 0 Å². The summed E-state index contributed by atoms with van der Waals surface area (Å²) in [6, 6.07) is 5.95. The van der Waals surface area contributed by atoms with Gasteiger partial charge in [-0.25, -0.2) is 4.98 Å². The van der Waals surface area contributed by atoms with Crippen LogP contribution in [0.3, 0.4) is 0 Å². The first-order valence-electron chi connectivity index (χ1n) is 5.85. The molecule has 16 heavy (non-hydrogen) atoms. The van der Waals surface area contributed by atoms with E-state index in [2.05, 4.69) is 29.8 Å². The van der Waals surface area contributed by atoms with E-state index in [0.29, 0.717) is 5.56 Å². The molecule has 0 saturated carbocycles. The minimum Gasteiger partial charge on any atom is -0.356 e. The molecule has 3 nitrogen and oxygen atoms in total. The fourth-order valence-corrected chi connectivity index (χ4v) is 1.63. The Bertz CT molecular complexity index is 379. The normalized spacial score (nSPS) is 9.88. The molecular weight excluding hydrogens is 198 g/mol. The average Bonchev–Trinajstić information content (AvgIpc) is 2.30. The van der Waals surface area contributed by atoms with E-state index < -0.39 is 0 Å². The predicted molar refractivity (Wildman–Crippen MR) is 66.5 cm³/mol. The summed E-state index contributed by atoms with van der Waals surface area (Å²) in [7, 11) is 0. The Kier molecular flexibility index (Phi) is 4.78. The van der Waals surface area contributed by atoms with Crippen LogP contribution < -0.4 is 4.90 Å². The largest absolute Gasteiger partial charge is 0.356 e. The summed E-state index contributed by atoms with van der Waals surface area (Å²) in [5.74, 6) is 0.832. The van der Waals surface area contributed by atoms with Gasteiger partial charge >= 0.3 is 0 Å². The van der Waals surface area contributed by atoms with Gasteiger partial charge in [-0.1, -0.05) is 13.3 Å². The molecule has 0 fully saturated rings. The summed E-state index contributed by atoms with van der Waals surface area (Å²) in [6.07, 6.45) is 2.29. The zero-order valence-electron chi connectivity index (χ0n) is 10.3. The van der Waals surface area contributed by atoms with Crippen molar-refractivity contribution >= 4 is 5.82 Å². The Morgan fingerprint density at radius 2 is 2.12 bits per heavy atom. The first-order valence-corrected chi connectivity index (χ1v) is 5.85. The van der Waals surface area contributed by atoms with E-state index in [1.165, 1.54) is 0 Å². The molecule has 3 heteroatoms. The van der Waals surface area contributed by atoms with Gasteiger partial charge in [0.1, 0.15) is 11.9 Å². The zero-order chi connectivity index (χ0) is 12.0. The average molecular weight is 217 g/mol. The van der Waals surface area contributed by atoms with Crippen LogP contribution in [-0.4, -0.2) is 18.1 Å². The number of nitriles is 1. The molecule has 1 heterocycles. The van der Waals surface area contributed by atoms with Crippen LogP contribution in [0, 0.1) is 18.3 Å². The van der Waals surface area contributed by atoms with Gasteiger partial charge in [-0.2, -0.15) is 5.26 Å². The van der Waals surface area contributed by atoms with Crippen molar-refractivity contribution in [3.05, 3.63) is 23.4 Å². The Hall–Kier alpha value is -1.56. The van der Waals surface area contributed by atoms with E-state index in [0.717, 1.165) is 37.4 Å². The highest BCUT2D eigenvalue weighted by Crippen LogP contribution is 2.18. The first-order chi connectivity index (χ1) is 7.72. The highest BCUT2D eigenvalue weighted by molar-refractivity contribution is 5.54. The van der Waals surface area contributed by atoms with E-state index in [-0.39, 0.29) is 0 Å². The molecule has 0 spiro atoms. The van der Waals surface area contributed by atoms with Gasteiger partial charge < -0.3 is 4.90 Å². The third-order valence-corrected chi connectivity index (χ3v) is 2.60. The Morgan fingerprint density at radius 1 is 1.38 bits per heavy atom. The van der Waals surface area contributed by atoms with Crippen molar-refractivity contribution in [2.45, 2.75) is 33.6 Å². The molecule has 0 radical (unpaired) electrons. The fraction of sp³-hybridized carbons (Fsp3) is 0.538. The quantitative estimate of drug-likeness (QED) is 0.761. The van der Waals surface area contributed by atoms with E-state index in [1.807, 2.05) is 19.1 Å². The molecule has 0 aliphatic rings. The maximum atomic E-state index is 9.06. The standard InChI is InChI=1S/C13H19N3/c1-4-6-9-16(5-2)13-12(10-14)8-7-11(3)15-13/h7-8H,4-6,9H2,1-3H3. The van der Waals surface area contributed by atoms with Gasteiger partial charge in [-0.3, -0.25) is 0 Å². The number of aryl methyl sites for hydroxylation is 1. The molecule has 1 aromatic heterocycles. The summed E-state index contributed by atoms with van der Waals surface area (Å²) in [5, 5.41) is 9.06. The lowest BCUT2D eigenvalue weighted by Gasteiger charge is -2.22. The van der Waals surface area contributed by atoms with Crippen LogP contribution in [0.25, 0.3) is 0 Å². The van der Waals surface area contributed by atoms with E-state index >= 15 is 0 Å². The summed E-state index contributed by atoms with van der Waals surface area (Å²) in [4.78, 5) is 6.65. The molecule has 0 amide bonds. The SMILES string of the molecule is CCCCN(CC)c1nc(C)ccc1C#N. The lowest BCUT2D eigenvalue weighted by molar-refractivity contribution is 0.722. The fourth-order valence-electron chi connectivity index (χ4n) is 1.63. The molecule has 0 N–H and O–H groups in total. The molecule has 0 saturated heterocycles. The number of nitrogens with zero attached hydrogens (tertiary/aromatic N) is 3. The smallest absolute Gasteiger partial charge is 0.146 e. The maximum Gasteiger partial charge on any atom is 0.146 e. The van der Waals surface area contributed by atoms with Crippen molar-refractivity contribution < 1.29 is 0 Å². The van der Waals surface area contributed by atoms with Crippen LogP contribution >= 0.6 is 0 Å². The highest BCUT2D eigenvalue weighted by Gasteiger charge is 2.10. The second-order valence-corrected chi connectivity index (χ2v) is 3.87. The lowest BCUT2D eigenvalue weighted by atomic mass is 10.2. The number of unbranched alkanes of at least 4 members (excludes halogenated alkanes) is 1. The monoisotopic (exact) mass is 217 g/mol. The third-order valence-electron chi connectivity index (χ3n) is 2.60. The second kappa shape index (κ2) is 6.12. The molecule has 0 aliphatic carbocycles. The van der Waals surface area contributed by atoms with Gasteiger partial charge in [0.05, 0.1) is 5.56 Å². The molecular formula is C13H19N3. The van der Waals surface area contributed by atoms with Crippen LogP contribution in [0.2, 0.25) is 0 Å². The Balaban J connectivity index is 2.98. The Morgan fingerprint density at radius 3 is 2.69 bits per heavy atom. The van der Waals surface area contributed by atoms with Crippen LogP contribution in [0.1, 0.15) is 37.9 Å². The number of hydrogen-bond donors (Lipinski definition) is 0.